The lowest BCUT2D eigenvalue weighted by atomic mass is 9.85. The van der Waals surface area contributed by atoms with E-state index in [1.807, 2.05) is 118 Å². The number of rotatable bonds is 26. The van der Waals surface area contributed by atoms with Crippen molar-refractivity contribution in [2.75, 3.05) is 40.5 Å². The van der Waals surface area contributed by atoms with Gasteiger partial charge in [-0.3, -0.25) is 28.3 Å². The molecule has 4 saturated carbocycles. The van der Waals surface area contributed by atoms with Gasteiger partial charge in [-0.1, -0.05) is 114 Å². The van der Waals surface area contributed by atoms with Gasteiger partial charge < -0.3 is 78.3 Å². The van der Waals surface area contributed by atoms with Crippen molar-refractivity contribution in [3.05, 3.63) is 135 Å². The summed E-state index contributed by atoms with van der Waals surface area (Å²) in [5.74, 6) is -1.08. The van der Waals surface area contributed by atoms with Crippen LogP contribution in [0.5, 0.6) is 23.0 Å². The number of methoxy groups -OCH3 is 2. The van der Waals surface area contributed by atoms with Crippen molar-refractivity contribution in [3.8, 4) is 45.5 Å². The smallest absolute Gasteiger partial charge is 0.408 e. The van der Waals surface area contributed by atoms with E-state index in [0.717, 1.165) is 67.9 Å². The maximum absolute atomic E-state index is 14.8. The molecule has 2 aromatic heterocycles. The molecule has 6 N–H and O–H groups in total. The number of alkyl carbamates (subject to hydrolysis) is 2. The molecule has 28 heteroatoms. The van der Waals surface area contributed by atoms with Crippen molar-refractivity contribution in [3.63, 3.8) is 0 Å². The highest BCUT2D eigenvalue weighted by Gasteiger charge is 2.69. The van der Waals surface area contributed by atoms with E-state index in [-0.39, 0.29) is 63.7 Å². The topological polar surface area (TPSA) is 331 Å². The summed E-state index contributed by atoms with van der Waals surface area (Å²) >= 11 is 0. The van der Waals surface area contributed by atoms with Crippen molar-refractivity contribution in [2.24, 2.45) is 22.7 Å². The van der Waals surface area contributed by atoms with E-state index in [4.69, 9.17) is 47.4 Å². The predicted molar refractivity (Wildman–Crippen MR) is 408 cm³/mol. The highest BCUT2D eigenvalue weighted by molar-refractivity contribution is 7.56. The largest absolute Gasteiger partial charge is 0.497 e. The van der Waals surface area contributed by atoms with Crippen molar-refractivity contribution < 1.29 is 85.2 Å². The van der Waals surface area contributed by atoms with Crippen LogP contribution in [0.1, 0.15) is 132 Å². The maximum Gasteiger partial charge on any atom is 0.408 e. The van der Waals surface area contributed by atoms with Crippen LogP contribution >= 0.6 is 15.2 Å². The minimum absolute atomic E-state index is 0.0115. The van der Waals surface area contributed by atoms with Crippen molar-refractivity contribution >= 4 is 72.8 Å². The third-order valence-corrected chi connectivity index (χ3v) is 25.6. The highest BCUT2D eigenvalue weighted by Crippen LogP contribution is 2.73. The van der Waals surface area contributed by atoms with E-state index < -0.39 is 115 Å². The molecule has 2 saturated heterocycles. The molecular weight excluding hydrogens is 1420 g/mol. The first-order valence-electron chi connectivity index (χ1n) is 37.2. The Balaban J connectivity index is 0.000000215. The van der Waals surface area contributed by atoms with Crippen LogP contribution in [0.3, 0.4) is 0 Å². The summed E-state index contributed by atoms with van der Waals surface area (Å²) in [6, 6.07) is 29.5. The number of likely N-dealkylation sites (tertiary alicyclic amines) is 2. The summed E-state index contributed by atoms with van der Waals surface area (Å²) in [6.45, 7) is 22.1. The molecule has 0 radical (unpaired) electrons. The van der Waals surface area contributed by atoms with Gasteiger partial charge >= 0.3 is 27.4 Å². The summed E-state index contributed by atoms with van der Waals surface area (Å²) in [6.07, 6.45) is 7.21. The van der Waals surface area contributed by atoms with Crippen molar-refractivity contribution in [2.45, 2.75) is 192 Å². The lowest BCUT2D eigenvalue weighted by Gasteiger charge is -2.36. The number of amides is 6. The number of aromatic nitrogens is 2. The molecule has 0 spiro atoms. The zero-order chi connectivity index (χ0) is 77.7. The lowest BCUT2D eigenvalue weighted by Crippen LogP contribution is -2.58. The van der Waals surface area contributed by atoms with Crippen LogP contribution < -0.4 is 40.2 Å². The second-order valence-electron chi connectivity index (χ2n) is 30.8. The Morgan fingerprint density at radius 2 is 0.944 bits per heavy atom. The number of fused-ring (bicyclic) bond motifs is 2. The summed E-state index contributed by atoms with van der Waals surface area (Å²) in [7, 11) is -5.52. The van der Waals surface area contributed by atoms with Gasteiger partial charge in [-0.25, -0.2) is 19.6 Å². The summed E-state index contributed by atoms with van der Waals surface area (Å²) in [5, 5.41) is 9.47. The van der Waals surface area contributed by atoms with Crippen molar-refractivity contribution in [1.82, 2.24) is 41.0 Å². The number of benzene rings is 4. The van der Waals surface area contributed by atoms with E-state index in [1.165, 1.54) is 15.9 Å². The SMILES string of the molecule is C=C[C@@H]1C[C@]1(NC(=O)[C@@H]1C[C@@H](Oc2cc(-c3ccccc3)nc3cc(OC)ccc23)CN1C(=O)[C@@H](NC(=O)OC1CCCC1)C(C)(C)C)P(=O)(O)O.C=C[C@@H]1C[C@]1(NC(=O)[C@@H]1C[C@@H](Oc2cc(-c3ccccc3)nc3cc(OC)ccc23)CN1C(=O)[C@@H](NC(=O)OC1CCCC1)C(C)(C)C)P(=O)(OCC)OCC. The predicted octanol–water partition coefficient (Wildman–Crippen LogP) is 13.2. The number of ether oxygens (including phenoxy) is 6. The van der Waals surface area contributed by atoms with Gasteiger partial charge in [-0.15, -0.1) is 13.2 Å². The van der Waals surface area contributed by atoms with E-state index in [2.05, 4.69) is 34.4 Å². The molecule has 26 nitrogen and oxygen atoms in total. The summed E-state index contributed by atoms with van der Waals surface area (Å²) in [5.41, 5.74) is 2.75. The summed E-state index contributed by atoms with van der Waals surface area (Å²) < 4.78 is 74.1. The average molecular weight is 1530 g/mol. The standard InChI is InChI=1S/C42H55N4O9P.C38H47N4O9P/c1-8-28-25-42(28,56(50,52-9-2)53-10-3)45-38(47)35-23-31(26-46(35)39(48)37(41(4,5)6)44-40(49)55-29-18-14-15-19-29)54-36-24-33(27-16-12-11-13-17-27)43-34-22-30(51-7)20-21-32(34)36;1-6-24-21-38(24,52(46,47)48)41-34(43)31-19-27(22-42(31)35(44)33(37(2,3)4)40-36(45)51-25-14-10-11-15-25)50-32-20-29(23-12-8-7-9-13-23)39-30-18-26(49-5)16-17-28(30)32/h8,11-13,16-17,20-22,24,28-29,31,35,37H,1,9-10,14-15,18-19,23,25-26H2,2-7H3,(H,44,49)(H,45,47);6-9,12-13,16-18,20,24-25,27,31,33H,1,10-11,14-15,19,21-22H2,2-5H3,(H,40,45)(H,41,43)(H2,46,47,48)/t28-,31-,35+,37-,42+;24-,27-,31+,33-,38+/m11/s1. The number of pyridine rings is 2. The number of nitrogens with zero attached hydrogens (tertiary/aromatic N) is 4. The highest BCUT2D eigenvalue weighted by atomic mass is 31.2. The molecule has 6 aromatic rings. The molecular formula is C80H102N8O18P2. The first-order chi connectivity index (χ1) is 51.4. The van der Waals surface area contributed by atoms with E-state index in [0.29, 0.717) is 57.2 Å². The quantitative estimate of drug-likeness (QED) is 0.0217. The molecule has 0 bridgehead atoms. The fourth-order valence-electron chi connectivity index (χ4n) is 15.1. The van der Waals surface area contributed by atoms with Crippen LogP contribution in [0.25, 0.3) is 44.3 Å². The molecule has 4 aliphatic carbocycles. The molecule has 12 rings (SSSR count). The van der Waals surface area contributed by atoms with Gasteiger partial charge in [0.25, 0.3) is 0 Å². The van der Waals surface area contributed by atoms with E-state index >= 15 is 0 Å². The van der Waals surface area contributed by atoms with Crippen LogP contribution in [0, 0.1) is 22.7 Å². The van der Waals surface area contributed by atoms with E-state index in [1.54, 1.807) is 67.0 Å². The minimum Gasteiger partial charge on any atom is -0.497 e. The van der Waals surface area contributed by atoms with Gasteiger partial charge in [-0.2, -0.15) is 0 Å². The monoisotopic (exact) mass is 1520 g/mol. The molecule has 108 heavy (non-hydrogen) atoms. The Labute approximate surface area is 630 Å². The molecule has 4 heterocycles. The lowest BCUT2D eigenvalue weighted by molar-refractivity contribution is -0.142. The minimum atomic E-state index is -4.81. The zero-order valence-corrected chi connectivity index (χ0v) is 64.9. The van der Waals surface area contributed by atoms with Crippen LogP contribution in [0.15, 0.2) is 135 Å². The van der Waals surface area contributed by atoms with Gasteiger partial charge in [0.2, 0.25) is 23.6 Å². The first kappa shape index (κ1) is 80.1. The number of carbonyl (C=O) groups is 6. The van der Waals surface area contributed by atoms with E-state index in [9.17, 15) is 47.7 Å². The molecule has 6 aliphatic rings. The third kappa shape index (κ3) is 17.7. The van der Waals surface area contributed by atoms with Gasteiger partial charge in [0.1, 0.15) is 82.1 Å². The second-order valence-corrected chi connectivity index (χ2v) is 35.0. The molecule has 6 amide bonds. The number of hydrogen-bond donors (Lipinski definition) is 6. The average Bonchev–Trinajstić information content (AvgIpc) is 1.56. The van der Waals surface area contributed by atoms with Gasteiger partial charge in [0, 0.05) is 70.8 Å². The van der Waals surface area contributed by atoms with Crippen LogP contribution in [0.4, 0.5) is 9.59 Å². The van der Waals surface area contributed by atoms with Gasteiger partial charge in [0.15, 0.2) is 0 Å². The maximum atomic E-state index is 14.8. The number of carbonyl (C=O) groups excluding carboxylic acids is 6. The van der Waals surface area contributed by atoms with Crippen LogP contribution in [0.2, 0.25) is 0 Å². The second kappa shape index (κ2) is 33.1. The van der Waals surface area contributed by atoms with Crippen LogP contribution in [-0.4, -0.2) is 165 Å². The molecule has 6 fully saturated rings. The van der Waals surface area contributed by atoms with Crippen LogP contribution in [-0.2, 0) is 46.8 Å². The third-order valence-electron chi connectivity index (χ3n) is 21.1. The molecule has 2 aliphatic heterocycles. The fourth-order valence-corrected chi connectivity index (χ4v) is 18.7. The van der Waals surface area contributed by atoms with Gasteiger partial charge in [-0.05, 0) is 113 Å². The molecule has 4 aromatic carbocycles. The molecule has 580 valence electrons. The Kier molecular flexibility index (Phi) is 24.6. The fraction of sp³-hybridized carbons (Fsp3) is 0.500. The molecule has 10 atom stereocenters. The van der Waals surface area contributed by atoms with Gasteiger partial charge in [0.05, 0.1) is 62.9 Å². The number of hydrogen-bond acceptors (Lipinski definition) is 18. The Morgan fingerprint density at radius 1 is 0.565 bits per heavy atom. The summed E-state index contributed by atoms with van der Waals surface area (Å²) in [4.78, 5) is 117. The Hall–Kier alpha value is -8.90. The number of nitrogens with one attached hydrogen (secondary N) is 4. The first-order valence-corrected chi connectivity index (χ1v) is 40.4. The Morgan fingerprint density at radius 3 is 1.29 bits per heavy atom. The molecule has 0 unspecified atom stereocenters. The normalized spacial score (nSPS) is 23.4. The zero-order valence-electron chi connectivity index (χ0n) is 63.2. The Bertz CT molecular complexity index is 4400. The van der Waals surface area contributed by atoms with Crippen molar-refractivity contribution in [1.29, 1.82) is 0 Å².